The normalized spacial score (nSPS) is 13.9. The SMILES string of the molecule is CC/C=C\C/C=C\C/C=C\C/C=C\C/C=C\C/C=C\C/C=C\C/C=C\C/C=C\CCCCCCCCCCCCCC(=O)OC(COC(=O)CCCCC/C=C\C/C=C\C/C=C\C/C=C\C/C=C\CC)COC(OCC[N+](C)(C)C)C(=O)[O-]. The minimum Gasteiger partial charge on any atom is -0.545 e. The summed E-state index contributed by atoms with van der Waals surface area (Å²) in [4.78, 5) is 37.4. The quantitative estimate of drug-likeness (QED) is 0.0195. The van der Waals surface area contributed by atoms with Crippen LogP contribution in [-0.2, 0) is 33.3 Å². The monoisotopic (exact) mass is 1150 g/mol. The largest absolute Gasteiger partial charge is 0.545 e. The fourth-order valence-electron chi connectivity index (χ4n) is 8.08. The number of quaternary nitrogens is 1. The van der Waals surface area contributed by atoms with E-state index in [0.717, 1.165) is 135 Å². The molecule has 2 unspecified atom stereocenters. The Kier molecular flexibility index (Phi) is 58.6. The number of hydrogen-bond acceptors (Lipinski definition) is 8. The minimum atomic E-state index is -1.64. The first-order chi connectivity index (χ1) is 40.6. The number of allylic oxidation sites excluding steroid dienone is 28. The molecule has 0 saturated carbocycles. The molecule has 0 radical (unpaired) electrons. The third-order valence-corrected chi connectivity index (χ3v) is 13.0. The van der Waals surface area contributed by atoms with E-state index in [1.165, 1.54) is 44.9 Å². The maximum absolute atomic E-state index is 12.9. The molecule has 0 rings (SSSR count). The van der Waals surface area contributed by atoms with Gasteiger partial charge in [-0.15, -0.1) is 0 Å². The van der Waals surface area contributed by atoms with Crippen molar-refractivity contribution in [3.63, 3.8) is 0 Å². The molecule has 0 aliphatic carbocycles. The Morgan fingerprint density at radius 3 is 0.976 bits per heavy atom. The van der Waals surface area contributed by atoms with Crippen LogP contribution in [0.5, 0.6) is 0 Å². The molecule has 0 bridgehead atoms. The summed E-state index contributed by atoms with van der Waals surface area (Å²) in [5, 5.41) is 11.8. The molecule has 0 amide bonds. The third-order valence-electron chi connectivity index (χ3n) is 13.0. The van der Waals surface area contributed by atoms with Crippen LogP contribution >= 0.6 is 0 Å². The Morgan fingerprint density at radius 2 is 0.651 bits per heavy atom. The summed E-state index contributed by atoms with van der Waals surface area (Å²) in [6, 6.07) is 0. The van der Waals surface area contributed by atoms with Crippen molar-refractivity contribution >= 4 is 17.9 Å². The van der Waals surface area contributed by atoms with Crippen LogP contribution in [0.2, 0.25) is 0 Å². The van der Waals surface area contributed by atoms with Crippen LogP contribution in [0.25, 0.3) is 0 Å². The Hall–Kier alpha value is -5.35. The number of nitrogens with zero attached hydrogens (tertiary/aromatic N) is 1. The van der Waals surface area contributed by atoms with Crippen LogP contribution in [0, 0.1) is 0 Å². The second-order valence-corrected chi connectivity index (χ2v) is 21.9. The molecule has 9 heteroatoms. The average Bonchev–Trinajstić information content (AvgIpc) is 3.46. The summed E-state index contributed by atoms with van der Waals surface area (Å²) in [6.45, 7) is 4.45. The van der Waals surface area contributed by atoms with Gasteiger partial charge in [0.1, 0.15) is 13.2 Å². The number of esters is 2. The number of carbonyl (C=O) groups is 3. The van der Waals surface area contributed by atoms with Crippen LogP contribution in [-0.4, -0.2) is 82.3 Å². The highest BCUT2D eigenvalue weighted by atomic mass is 16.7. The van der Waals surface area contributed by atoms with Crippen molar-refractivity contribution < 1.29 is 42.9 Å². The van der Waals surface area contributed by atoms with E-state index in [9.17, 15) is 19.5 Å². The van der Waals surface area contributed by atoms with E-state index in [1.807, 2.05) is 21.1 Å². The number of rotatable bonds is 57. The number of aliphatic carboxylic acids is 1. The van der Waals surface area contributed by atoms with Crippen molar-refractivity contribution in [3.8, 4) is 0 Å². The summed E-state index contributed by atoms with van der Waals surface area (Å²) in [5.41, 5.74) is 0. The van der Waals surface area contributed by atoms with E-state index >= 15 is 0 Å². The van der Waals surface area contributed by atoms with Crippen LogP contribution in [0.15, 0.2) is 170 Å². The van der Waals surface area contributed by atoms with E-state index in [1.54, 1.807) is 0 Å². The van der Waals surface area contributed by atoms with Gasteiger partial charge < -0.3 is 33.3 Å². The fraction of sp³-hybridized carbons (Fsp3) is 0.581. The van der Waals surface area contributed by atoms with Gasteiger partial charge >= 0.3 is 11.9 Å². The summed E-state index contributed by atoms with van der Waals surface area (Å²) in [5.74, 6) is -2.35. The molecule has 0 N–H and O–H groups in total. The van der Waals surface area contributed by atoms with Gasteiger partial charge in [-0.3, -0.25) is 9.59 Å². The maximum atomic E-state index is 12.9. The molecule has 2 atom stereocenters. The lowest BCUT2D eigenvalue weighted by Crippen LogP contribution is -2.44. The summed E-state index contributed by atoms with van der Waals surface area (Å²) < 4.78 is 22.7. The number of hydrogen-bond donors (Lipinski definition) is 0. The van der Waals surface area contributed by atoms with E-state index < -0.39 is 30.3 Å². The zero-order valence-corrected chi connectivity index (χ0v) is 53.0. The lowest BCUT2D eigenvalue weighted by molar-refractivity contribution is -0.870. The Labute approximate surface area is 507 Å². The Balaban J connectivity index is 4.21. The predicted octanol–water partition coefficient (Wildman–Crippen LogP) is 18.6. The zero-order valence-electron chi connectivity index (χ0n) is 53.0. The second-order valence-electron chi connectivity index (χ2n) is 21.9. The number of carbonyl (C=O) groups excluding carboxylic acids is 3. The Bertz CT molecular complexity index is 1960. The molecule has 0 aliphatic heterocycles. The average molecular weight is 1150 g/mol. The van der Waals surface area contributed by atoms with Crippen molar-refractivity contribution in [1.29, 1.82) is 0 Å². The van der Waals surface area contributed by atoms with E-state index in [-0.39, 0.29) is 32.7 Å². The lowest BCUT2D eigenvalue weighted by atomic mass is 10.0. The molecule has 9 nitrogen and oxygen atoms in total. The first-order valence-corrected chi connectivity index (χ1v) is 32.3. The molecule has 0 aromatic carbocycles. The van der Waals surface area contributed by atoms with Crippen LogP contribution in [0.1, 0.15) is 219 Å². The number of carboxylic acid groups (broad SMARTS) is 1. The summed E-state index contributed by atoms with van der Waals surface area (Å²) in [7, 11) is 5.90. The van der Waals surface area contributed by atoms with Crippen molar-refractivity contribution in [1.82, 2.24) is 0 Å². The lowest BCUT2D eigenvalue weighted by Gasteiger charge is -2.26. The molecule has 0 saturated heterocycles. The standard InChI is InChI=1S/C74H117NO8/c1-6-8-10-12-14-16-18-20-22-24-26-27-28-29-30-31-32-33-34-35-36-37-38-39-40-41-42-43-44-45-47-49-51-53-55-57-59-61-63-65-72(77)83-70(69-82-74(73(78)79)80-67-66-75(3,4)5)68-81-71(76)64-62-60-58-56-54-52-50-48-46-25-23-21-19-17-15-13-11-9-7-2/h8-11,14-17,20-23,26-27,29-30,32-33,35-36,38-39,41-42,46,48,52,54,70,74H,6-7,12-13,18-19,24-25,28,31,34,37,40,43-45,47,49-51,53,55-69H2,1-5H3/b10-8-,11-9-,16-14-,17-15-,22-20-,23-21-,27-26-,30-29-,33-32-,36-35-,39-38-,42-41-,48-46-,54-52-. The molecule has 0 aliphatic rings. The Morgan fingerprint density at radius 1 is 0.361 bits per heavy atom. The van der Waals surface area contributed by atoms with Gasteiger partial charge in [-0.05, 0) is 128 Å². The first-order valence-electron chi connectivity index (χ1n) is 32.3. The number of unbranched alkanes of at least 4 members (excludes halogenated alkanes) is 14. The zero-order chi connectivity index (χ0) is 60.5. The second kappa shape index (κ2) is 62.7. The van der Waals surface area contributed by atoms with Crippen molar-refractivity contribution in [2.45, 2.75) is 232 Å². The summed E-state index contributed by atoms with van der Waals surface area (Å²) in [6.07, 6.45) is 91.3. The van der Waals surface area contributed by atoms with Gasteiger partial charge in [0.05, 0.1) is 40.3 Å². The van der Waals surface area contributed by atoms with Gasteiger partial charge in [0.25, 0.3) is 0 Å². The fourth-order valence-corrected chi connectivity index (χ4v) is 8.08. The van der Waals surface area contributed by atoms with Crippen molar-refractivity contribution in [2.75, 3.05) is 47.5 Å². The highest BCUT2D eigenvalue weighted by Crippen LogP contribution is 2.15. The van der Waals surface area contributed by atoms with E-state index in [2.05, 4.69) is 184 Å². The topological polar surface area (TPSA) is 111 Å². The smallest absolute Gasteiger partial charge is 0.306 e. The molecule has 0 aromatic heterocycles. The molecule has 83 heavy (non-hydrogen) atoms. The summed E-state index contributed by atoms with van der Waals surface area (Å²) >= 11 is 0. The van der Waals surface area contributed by atoms with Gasteiger partial charge in [0.15, 0.2) is 12.4 Å². The van der Waals surface area contributed by atoms with Gasteiger partial charge in [-0.1, -0.05) is 248 Å². The molecule has 0 aromatic rings. The molecule has 0 spiro atoms. The number of likely N-dealkylation sites (N-methyl/N-ethyl adjacent to an activating group) is 1. The highest BCUT2D eigenvalue weighted by molar-refractivity contribution is 5.70. The molecule has 0 fully saturated rings. The van der Waals surface area contributed by atoms with E-state index in [4.69, 9.17) is 18.9 Å². The van der Waals surface area contributed by atoms with Crippen molar-refractivity contribution in [2.24, 2.45) is 0 Å². The van der Waals surface area contributed by atoms with Crippen LogP contribution in [0.4, 0.5) is 0 Å². The maximum Gasteiger partial charge on any atom is 0.306 e. The van der Waals surface area contributed by atoms with Gasteiger partial charge in [-0.25, -0.2) is 0 Å². The predicted molar refractivity (Wildman–Crippen MR) is 351 cm³/mol. The molecular weight excluding hydrogens is 1030 g/mol. The minimum absolute atomic E-state index is 0.132. The molecule has 0 heterocycles. The van der Waals surface area contributed by atoms with Gasteiger partial charge in [0, 0.05) is 12.8 Å². The first kappa shape index (κ1) is 77.7. The van der Waals surface area contributed by atoms with Crippen molar-refractivity contribution in [3.05, 3.63) is 170 Å². The molecule has 466 valence electrons. The third kappa shape index (κ3) is 64.1. The number of carboxylic acids is 1. The van der Waals surface area contributed by atoms with E-state index in [0.29, 0.717) is 23.9 Å². The number of ether oxygens (including phenoxy) is 4. The van der Waals surface area contributed by atoms with Crippen LogP contribution < -0.4 is 5.11 Å². The van der Waals surface area contributed by atoms with Gasteiger partial charge in [-0.2, -0.15) is 0 Å². The van der Waals surface area contributed by atoms with Crippen LogP contribution in [0.3, 0.4) is 0 Å². The van der Waals surface area contributed by atoms with Gasteiger partial charge in [0.2, 0.25) is 0 Å². The molecular formula is C74H117NO8. The highest BCUT2D eigenvalue weighted by Gasteiger charge is 2.22.